The van der Waals surface area contributed by atoms with E-state index < -0.39 is 10.0 Å². The van der Waals surface area contributed by atoms with Gasteiger partial charge in [0.2, 0.25) is 15.9 Å². The van der Waals surface area contributed by atoms with Gasteiger partial charge in [0.15, 0.2) is 11.5 Å². The molecule has 0 aromatic heterocycles. The number of ether oxygens (including phenoxy) is 2. The first-order valence-electron chi connectivity index (χ1n) is 6.13. The molecule has 0 atom stereocenters. The van der Waals surface area contributed by atoms with Gasteiger partial charge < -0.3 is 14.8 Å². The van der Waals surface area contributed by atoms with Crippen molar-refractivity contribution in [3.05, 3.63) is 18.2 Å². The highest BCUT2D eigenvalue weighted by atomic mass is 32.2. The number of hydrogen-bond acceptors (Lipinski definition) is 5. The molecule has 1 aliphatic heterocycles. The minimum Gasteiger partial charge on any atom is -0.486 e. The van der Waals surface area contributed by atoms with Crippen molar-refractivity contribution < 1.29 is 22.7 Å². The van der Waals surface area contributed by atoms with Gasteiger partial charge in [-0.15, -0.1) is 0 Å². The van der Waals surface area contributed by atoms with Crippen molar-refractivity contribution in [3.63, 3.8) is 0 Å². The fourth-order valence-corrected chi connectivity index (χ4v) is 2.74. The topological polar surface area (TPSA) is 93.7 Å². The van der Waals surface area contributed by atoms with Crippen molar-refractivity contribution in [1.29, 1.82) is 0 Å². The third-order valence-electron chi connectivity index (χ3n) is 2.75. The van der Waals surface area contributed by atoms with Gasteiger partial charge in [0.25, 0.3) is 0 Å². The summed E-state index contributed by atoms with van der Waals surface area (Å²) >= 11 is 0. The zero-order valence-electron chi connectivity index (χ0n) is 11.0. The lowest BCUT2D eigenvalue weighted by Crippen LogP contribution is -2.29. The Hall–Kier alpha value is -1.80. The number of nitrogens with one attached hydrogen (secondary N) is 2. The molecule has 1 aromatic rings. The third-order valence-corrected chi connectivity index (χ3v) is 4.21. The molecule has 0 saturated heterocycles. The lowest BCUT2D eigenvalue weighted by Gasteiger charge is -2.18. The maximum atomic E-state index is 12.0. The first kappa shape index (κ1) is 14.6. The van der Waals surface area contributed by atoms with Gasteiger partial charge in [0.1, 0.15) is 13.2 Å². The highest BCUT2D eigenvalue weighted by Crippen LogP contribution is 2.32. The first-order chi connectivity index (χ1) is 9.53. The van der Waals surface area contributed by atoms with Gasteiger partial charge in [-0.05, 0) is 12.1 Å². The van der Waals surface area contributed by atoms with E-state index in [1.54, 1.807) is 6.07 Å². The van der Waals surface area contributed by atoms with E-state index in [9.17, 15) is 13.2 Å². The second-order valence-electron chi connectivity index (χ2n) is 4.13. The Labute approximate surface area is 117 Å². The summed E-state index contributed by atoms with van der Waals surface area (Å²) in [5.41, 5.74) is 0. The molecule has 0 radical (unpaired) electrons. The van der Waals surface area contributed by atoms with Gasteiger partial charge in [-0.2, -0.15) is 0 Å². The van der Waals surface area contributed by atoms with Crippen LogP contribution in [-0.2, 0) is 14.8 Å². The number of benzene rings is 1. The molecule has 0 unspecified atom stereocenters. The van der Waals surface area contributed by atoms with Crippen LogP contribution in [0.15, 0.2) is 23.1 Å². The maximum absolute atomic E-state index is 12.0. The number of carbonyl (C=O) groups is 1. The smallest absolute Gasteiger partial charge is 0.240 e. The molecule has 1 heterocycles. The Morgan fingerprint density at radius 3 is 2.65 bits per heavy atom. The van der Waals surface area contributed by atoms with E-state index in [0.29, 0.717) is 24.7 Å². The van der Waals surface area contributed by atoms with Gasteiger partial charge >= 0.3 is 0 Å². The number of fused-ring (bicyclic) bond motifs is 1. The zero-order chi connectivity index (χ0) is 14.6. The minimum absolute atomic E-state index is 0.0381. The molecule has 2 N–H and O–H groups in total. The van der Waals surface area contributed by atoms with Gasteiger partial charge in [-0.25, -0.2) is 13.1 Å². The van der Waals surface area contributed by atoms with E-state index in [-0.39, 0.29) is 23.8 Å². The van der Waals surface area contributed by atoms with Crippen LogP contribution >= 0.6 is 0 Å². The fourth-order valence-electron chi connectivity index (χ4n) is 1.70. The van der Waals surface area contributed by atoms with Crippen LogP contribution in [-0.4, -0.2) is 41.1 Å². The van der Waals surface area contributed by atoms with Crippen LogP contribution in [0.5, 0.6) is 11.5 Å². The SMILES string of the molecule is CNC(=O)CCNS(=O)(=O)c1ccc2c(c1)OCCO2. The lowest BCUT2D eigenvalue weighted by molar-refractivity contribution is -0.120. The summed E-state index contributed by atoms with van der Waals surface area (Å²) in [6.07, 6.45) is 0.0836. The molecule has 0 spiro atoms. The average Bonchev–Trinajstić information content (AvgIpc) is 2.46. The van der Waals surface area contributed by atoms with Gasteiger partial charge in [-0.3, -0.25) is 4.79 Å². The number of sulfonamides is 1. The van der Waals surface area contributed by atoms with E-state index >= 15 is 0 Å². The van der Waals surface area contributed by atoms with Crippen LogP contribution in [0.1, 0.15) is 6.42 Å². The monoisotopic (exact) mass is 300 g/mol. The Kier molecular flexibility index (Phi) is 4.46. The Morgan fingerprint density at radius 2 is 1.95 bits per heavy atom. The molecule has 0 fully saturated rings. The standard InChI is InChI=1S/C12H16N2O5S/c1-13-12(15)4-5-14-20(16,17)9-2-3-10-11(8-9)19-7-6-18-10/h2-3,8,14H,4-7H2,1H3,(H,13,15). The summed E-state index contributed by atoms with van der Waals surface area (Å²) < 4.78 is 37.1. The van der Waals surface area contributed by atoms with Crippen molar-refractivity contribution in [2.45, 2.75) is 11.3 Å². The molecule has 7 nitrogen and oxygen atoms in total. The Balaban J connectivity index is 2.07. The molecular weight excluding hydrogens is 284 g/mol. The molecule has 110 valence electrons. The zero-order valence-corrected chi connectivity index (χ0v) is 11.8. The van der Waals surface area contributed by atoms with Gasteiger partial charge in [-0.1, -0.05) is 0 Å². The average molecular weight is 300 g/mol. The molecule has 1 amide bonds. The van der Waals surface area contributed by atoms with Gasteiger partial charge in [0, 0.05) is 26.1 Å². The van der Waals surface area contributed by atoms with Crippen molar-refractivity contribution in [1.82, 2.24) is 10.0 Å². The molecule has 1 aliphatic rings. The van der Waals surface area contributed by atoms with E-state index in [1.165, 1.54) is 19.2 Å². The van der Waals surface area contributed by atoms with Crippen molar-refractivity contribution in [3.8, 4) is 11.5 Å². The molecule has 2 rings (SSSR count). The fraction of sp³-hybridized carbons (Fsp3) is 0.417. The Bertz CT molecular complexity index is 600. The summed E-state index contributed by atoms with van der Waals surface area (Å²) in [6.45, 7) is 0.876. The molecule has 0 aliphatic carbocycles. The van der Waals surface area contributed by atoms with Crippen LogP contribution in [0.3, 0.4) is 0 Å². The van der Waals surface area contributed by atoms with Crippen LogP contribution < -0.4 is 19.5 Å². The van der Waals surface area contributed by atoms with Crippen molar-refractivity contribution in [2.75, 3.05) is 26.8 Å². The summed E-state index contributed by atoms with van der Waals surface area (Å²) in [5.74, 6) is 0.709. The van der Waals surface area contributed by atoms with Crippen LogP contribution in [0.25, 0.3) is 0 Å². The van der Waals surface area contributed by atoms with Gasteiger partial charge in [0.05, 0.1) is 4.90 Å². The Morgan fingerprint density at radius 1 is 1.25 bits per heavy atom. The quantitative estimate of drug-likeness (QED) is 0.790. The molecule has 20 heavy (non-hydrogen) atoms. The highest BCUT2D eigenvalue weighted by molar-refractivity contribution is 7.89. The van der Waals surface area contributed by atoms with Crippen molar-refractivity contribution >= 4 is 15.9 Å². The summed E-state index contributed by atoms with van der Waals surface area (Å²) in [5, 5.41) is 2.42. The largest absolute Gasteiger partial charge is 0.486 e. The number of amides is 1. The highest BCUT2D eigenvalue weighted by Gasteiger charge is 2.19. The minimum atomic E-state index is -3.66. The predicted octanol–water partition coefficient (Wildman–Crippen LogP) is -0.128. The van der Waals surface area contributed by atoms with E-state index in [4.69, 9.17) is 9.47 Å². The summed E-state index contributed by atoms with van der Waals surface area (Å²) in [6, 6.07) is 4.41. The maximum Gasteiger partial charge on any atom is 0.240 e. The number of carbonyl (C=O) groups excluding carboxylic acids is 1. The molecule has 0 bridgehead atoms. The van der Waals surface area contributed by atoms with E-state index in [1.807, 2.05) is 0 Å². The lowest BCUT2D eigenvalue weighted by atomic mass is 10.3. The second-order valence-corrected chi connectivity index (χ2v) is 5.89. The summed E-state index contributed by atoms with van der Waals surface area (Å²) in [4.78, 5) is 11.1. The first-order valence-corrected chi connectivity index (χ1v) is 7.61. The third kappa shape index (κ3) is 3.40. The number of hydrogen-bond donors (Lipinski definition) is 2. The molecule has 0 saturated carbocycles. The van der Waals surface area contributed by atoms with E-state index in [0.717, 1.165) is 0 Å². The second kappa shape index (κ2) is 6.10. The molecule has 1 aromatic carbocycles. The number of rotatable bonds is 5. The van der Waals surface area contributed by atoms with Crippen LogP contribution in [0.4, 0.5) is 0 Å². The molecule has 8 heteroatoms. The van der Waals surface area contributed by atoms with Crippen molar-refractivity contribution in [2.24, 2.45) is 0 Å². The van der Waals surface area contributed by atoms with E-state index in [2.05, 4.69) is 10.0 Å². The summed E-state index contributed by atoms with van der Waals surface area (Å²) in [7, 11) is -2.17. The van der Waals surface area contributed by atoms with Crippen LogP contribution in [0.2, 0.25) is 0 Å². The predicted molar refractivity (Wildman–Crippen MR) is 71.3 cm³/mol. The van der Waals surface area contributed by atoms with Crippen LogP contribution in [0, 0.1) is 0 Å². The molecular formula is C12H16N2O5S. The normalized spacial score (nSPS) is 13.8.